The fourth-order valence-corrected chi connectivity index (χ4v) is 1.88. The van der Waals surface area contributed by atoms with E-state index in [-0.39, 0.29) is 5.69 Å². The van der Waals surface area contributed by atoms with Crippen LogP contribution >= 0.6 is 0 Å². The number of carbonyl (C=O) groups is 2. The van der Waals surface area contributed by atoms with Gasteiger partial charge >= 0.3 is 0 Å². The monoisotopic (exact) mass is 275 g/mol. The number of nitrogens with one attached hydrogen (secondary N) is 2. The number of oxazole rings is 1. The van der Waals surface area contributed by atoms with E-state index in [0.29, 0.717) is 17.4 Å². The molecule has 2 aromatic rings. The van der Waals surface area contributed by atoms with Gasteiger partial charge in [0.15, 0.2) is 11.6 Å². The highest BCUT2D eigenvalue weighted by Crippen LogP contribution is 2.35. The van der Waals surface area contributed by atoms with Crippen LogP contribution < -0.4 is 10.9 Å². The molecule has 7 heteroatoms. The third kappa shape index (κ3) is 2.42. The lowest BCUT2D eigenvalue weighted by molar-refractivity contribution is 0.0843. The lowest BCUT2D eigenvalue weighted by Gasteiger charge is -2.21. The first-order valence-electron chi connectivity index (χ1n) is 6.32. The van der Waals surface area contributed by atoms with Crippen LogP contribution in [-0.4, -0.2) is 16.8 Å². The predicted molar refractivity (Wildman–Crippen MR) is 66.7 cm³/mol. The second kappa shape index (κ2) is 5.20. The van der Waals surface area contributed by atoms with Crippen LogP contribution in [0.2, 0.25) is 0 Å². The zero-order chi connectivity index (χ0) is 13.9. The van der Waals surface area contributed by atoms with Crippen molar-refractivity contribution in [2.45, 2.75) is 25.2 Å². The highest BCUT2D eigenvalue weighted by Gasteiger charge is 2.25. The molecule has 0 saturated heterocycles. The second-order valence-corrected chi connectivity index (χ2v) is 4.62. The molecule has 7 nitrogen and oxygen atoms in total. The van der Waals surface area contributed by atoms with E-state index in [1.165, 1.54) is 24.9 Å². The number of carbonyl (C=O) groups excluding carboxylic acids is 2. The average molecular weight is 275 g/mol. The van der Waals surface area contributed by atoms with Crippen LogP contribution in [0.25, 0.3) is 0 Å². The topological polar surface area (TPSA) is 97.4 Å². The van der Waals surface area contributed by atoms with Gasteiger partial charge in [0.2, 0.25) is 0 Å². The Hall–Kier alpha value is -2.57. The molecular weight excluding hydrogens is 262 g/mol. The summed E-state index contributed by atoms with van der Waals surface area (Å²) in [6.45, 7) is 0. The van der Waals surface area contributed by atoms with E-state index in [2.05, 4.69) is 15.8 Å². The molecule has 0 radical (unpaired) electrons. The number of amides is 2. The highest BCUT2D eigenvalue weighted by atomic mass is 16.3. The molecule has 104 valence electrons. The first-order chi connectivity index (χ1) is 9.74. The SMILES string of the molecule is O=C(NNC(=O)c1coc(C2CCC2)n1)c1ccoc1. The Balaban J connectivity index is 1.56. The first kappa shape index (κ1) is 12.5. The maximum absolute atomic E-state index is 11.8. The largest absolute Gasteiger partial charge is 0.472 e. The molecule has 0 atom stereocenters. The van der Waals surface area contributed by atoms with Crippen LogP contribution in [0.3, 0.4) is 0 Å². The minimum absolute atomic E-state index is 0.152. The third-order valence-electron chi connectivity index (χ3n) is 3.28. The van der Waals surface area contributed by atoms with Gasteiger partial charge in [-0.25, -0.2) is 4.98 Å². The smallest absolute Gasteiger partial charge is 0.291 e. The molecule has 2 aromatic heterocycles. The molecule has 0 aliphatic heterocycles. The van der Waals surface area contributed by atoms with Crippen molar-refractivity contribution >= 4 is 11.8 Å². The van der Waals surface area contributed by atoms with Gasteiger partial charge in [-0.3, -0.25) is 20.4 Å². The maximum atomic E-state index is 11.8. The molecule has 2 heterocycles. The number of rotatable bonds is 3. The highest BCUT2D eigenvalue weighted by molar-refractivity contribution is 5.97. The Bertz CT molecular complexity index is 613. The Morgan fingerprint density at radius 2 is 2.00 bits per heavy atom. The van der Waals surface area contributed by atoms with Crippen molar-refractivity contribution in [1.29, 1.82) is 0 Å². The Morgan fingerprint density at radius 1 is 1.20 bits per heavy atom. The molecule has 0 bridgehead atoms. The predicted octanol–water partition coefficient (Wildman–Crippen LogP) is 1.61. The van der Waals surface area contributed by atoms with Crippen LogP contribution in [0.1, 0.15) is 51.9 Å². The summed E-state index contributed by atoms with van der Waals surface area (Å²) in [6.07, 6.45) is 7.20. The fourth-order valence-electron chi connectivity index (χ4n) is 1.88. The van der Waals surface area contributed by atoms with Crippen molar-refractivity contribution in [2.75, 3.05) is 0 Å². The summed E-state index contributed by atoms with van der Waals surface area (Å²) in [7, 11) is 0. The van der Waals surface area contributed by atoms with Crippen LogP contribution in [0.4, 0.5) is 0 Å². The Labute approximate surface area is 114 Å². The van der Waals surface area contributed by atoms with Gasteiger partial charge in [0.1, 0.15) is 12.5 Å². The summed E-state index contributed by atoms with van der Waals surface area (Å²) < 4.78 is 10.0. The molecule has 0 spiro atoms. The molecule has 3 rings (SSSR count). The van der Waals surface area contributed by atoms with Crippen molar-refractivity contribution in [3.63, 3.8) is 0 Å². The summed E-state index contributed by atoms with van der Waals surface area (Å²) in [6, 6.07) is 1.49. The van der Waals surface area contributed by atoms with Gasteiger partial charge in [-0.15, -0.1) is 0 Å². The van der Waals surface area contributed by atoms with Gasteiger partial charge < -0.3 is 8.83 Å². The molecule has 1 saturated carbocycles. The van der Waals surface area contributed by atoms with Gasteiger partial charge in [-0.1, -0.05) is 6.42 Å². The van der Waals surface area contributed by atoms with Gasteiger partial charge in [-0.2, -0.15) is 0 Å². The maximum Gasteiger partial charge on any atom is 0.291 e. The lowest BCUT2D eigenvalue weighted by atomic mass is 9.85. The zero-order valence-electron chi connectivity index (χ0n) is 10.6. The molecule has 20 heavy (non-hydrogen) atoms. The minimum atomic E-state index is -0.517. The van der Waals surface area contributed by atoms with Crippen molar-refractivity contribution in [2.24, 2.45) is 0 Å². The number of furan rings is 1. The van der Waals surface area contributed by atoms with Crippen LogP contribution in [-0.2, 0) is 0 Å². The van der Waals surface area contributed by atoms with E-state index >= 15 is 0 Å². The molecule has 2 amide bonds. The van der Waals surface area contributed by atoms with Crippen molar-refractivity contribution < 1.29 is 18.4 Å². The Morgan fingerprint density at radius 3 is 2.65 bits per heavy atom. The number of hydrogen-bond acceptors (Lipinski definition) is 5. The number of hydrogen-bond donors (Lipinski definition) is 2. The molecule has 2 N–H and O–H groups in total. The van der Waals surface area contributed by atoms with Crippen molar-refractivity contribution in [3.05, 3.63) is 42.0 Å². The van der Waals surface area contributed by atoms with E-state index in [9.17, 15) is 9.59 Å². The zero-order valence-corrected chi connectivity index (χ0v) is 10.6. The molecule has 0 unspecified atom stereocenters. The summed E-state index contributed by atoms with van der Waals surface area (Å²) in [5, 5.41) is 0. The van der Waals surface area contributed by atoms with Crippen molar-refractivity contribution in [3.8, 4) is 0 Å². The summed E-state index contributed by atoms with van der Waals surface area (Å²) in [5.74, 6) is -0.0781. The van der Waals surface area contributed by atoms with E-state index in [0.717, 1.165) is 19.3 Å². The van der Waals surface area contributed by atoms with E-state index in [1.807, 2.05) is 0 Å². The quantitative estimate of drug-likeness (QED) is 0.829. The van der Waals surface area contributed by atoms with E-state index in [1.54, 1.807) is 0 Å². The summed E-state index contributed by atoms with van der Waals surface area (Å²) in [5.41, 5.74) is 5.01. The van der Waals surface area contributed by atoms with Gasteiger partial charge in [0.25, 0.3) is 11.8 Å². The van der Waals surface area contributed by atoms with Gasteiger partial charge in [0, 0.05) is 5.92 Å². The summed E-state index contributed by atoms with van der Waals surface area (Å²) >= 11 is 0. The van der Waals surface area contributed by atoms with Crippen molar-refractivity contribution in [1.82, 2.24) is 15.8 Å². The van der Waals surface area contributed by atoms with Crippen LogP contribution in [0, 0.1) is 0 Å². The number of hydrazine groups is 1. The molecule has 1 aliphatic rings. The first-order valence-corrected chi connectivity index (χ1v) is 6.32. The minimum Gasteiger partial charge on any atom is -0.472 e. The second-order valence-electron chi connectivity index (χ2n) is 4.62. The van der Waals surface area contributed by atoms with Gasteiger partial charge in [0.05, 0.1) is 11.8 Å². The van der Waals surface area contributed by atoms with Crippen LogP contribution in [0.15, 0.2) is 33.7 Å². The number of aromatic nitrogens is 1. The molecule has 1 fully saturated rings. The standard InChI is InChI=1S/C13H13N3O4/c17-11(9-4-5-19-6-9)15-16-12(18)10-7-20-13(14-10)8-2-1-3-8/h4-8H,1-3H2,(H,15,17)(H,16,18). The molecule has 1 aliphatic carbocycles. The third-order valence-corrected chi connectivity index (χ3v) is 3.28. The number of nitrogens with zero attached hydrogens (tertiary/aromatic N) is 1. The fraction of sp³-hybridized carbons (Fsp3) is 0.308. The normalized spacial score (nSPS) is 14.6. The van der Waals surface area contributed by atoms with E-state index < -0.39 is 11.8 Å². The Kier molecular flexibility index (Phi) is 3.24. The molecule has 0 aromatic carbocycles. The summed E-state index contributed by atoms with van der Waals surface area (Å²) in [4.78, 5) is 27.5. The lowest BCUT2D eigenvalue weighted by Crippen LogP contribution is -2.41. The van der Waals surface area contributed by atoms with Crippen LogP contribution in [0.5, 0.6) is 0 Å². The van der Waals surface area contributed by atoms with E-state index in [4.69, 9.17) is 8.83 Å². The average Bonchev–Trinajstić information content (AvgIpc) is 3.04. The molecular formula is C13H13N3O4. The van der Waals surface area contributed by atoms with Gasteiger partial charge in [-0.05, 0) is 18.9 Å².